The Hall–Kier alpha value is -1.80. The SMILES string of the molecule is COCCN(CCOC(C)=N)C(=O)OCCOCCNSNC(=O)OCCCN. The van der Waals surface area contributed by atoms with E-state index in [1.807, 2.05) is 0 Å². The summed E-state index contributed by atoms with van der Waals surface area (Å²) >= 11 is 0.993. The molecule has 0 aromatic heterocycles. The second-order valence-electron chi connectivity index (χ2n) is 5.49. The van der Waals surface area contributed by atoms with E-state index in [-0.39, 0.29) is 32.3 Å². The molecule has 0 heterocycles. The van der Waals surface area contributed by atoms with Gasteiger partial charge in [0.05, 0.1) is 33.0 Å². The lowest BCUT2D eigenvalue weighted by atomic mass is 10.5. The van der Waals surface area contributed by atoms with E-state index in [1.165, 1.54) is 11.8 Å². The minimum atomic E-state index is -0.539. The molecule has 0 aliphatic rings. The standard InChI is InChI=1S/C16H33N5O7S/c1-14(18)26-11-7-21(6-10-24-2)16(23)28-13-12-25-9-5-19-29-20-15(22)27-8-3-4-17/h18-19H,3-13,17H2,1-2H3,(H,20,22). The van der Waals surface area contributed by atoms with Crippen LogP contribution in [0.1, 0.15) is 13.3 Å². The Labute approximate surface area is 175 Å². The zero-order chi connectivity index (χ0) is 21.7. The Balaban J connectivity index is 3.70. The average Bonchev–Trinajstić information content (AvgIpc) is 2.69. The number of hydrogen-bond acceptors (Lipinski definition) is 11. The minimum absolute atomic E-state index is 0.0870. The topological polar surface area (TPSA) is 157 Å². The number of methoxy groups -OCH3 is 1. The molecule has 0 aliphatic heterocycles. The lowest BCUT2D eigenvalue weighted by Crippen LogP contribution is -2.37. The molecule has 0 bridgehead atoms. The Morgan fingerprint density at radius 1 is 1.03 bits per heavy atom. The lowest BCUT2D eigenvalue weighted by Gasteiger charge is -2.21. The van der Waals surface area contributed by atoms with Crippen LogP contribution in [0.2, 0.25) is 0 Å². The van der Waals surface area contributed by atoms with Crippen LogP contribution in [0.3, 0.4) is 0 Å². The molecule has 0 fully saturated rings. The number of nitrogens with two attached hydrogens (primary N) is 1. The molecule has 0 saturated heterocycles. The van der Waals surface area contributed by atoms with Crippen molar-refractivity contribution >= 4 is 30.2 Å². The highest BCUT2D eigenvalue weighted by Crippen LogP contribution is 1.96. The Kier molecular flexibility index (Phi) is 18.3. The third-order valence-electron chi connectivity index (χ3n) is 3.09. The summed E-state index contributed by atoms with van der Waals surface area (Å²) in [5.41, 5.74) is 5.29. The van der Waals surface area contributed by atoms with Gasteiger partial charge in [0, 0.05) is 39.3 Å². The Morgan fingerprint density at radius 3 is 2.48 bits per heavy atom. The van der Waals surface area contributed by atoms with Gasteiger partial charge in [-0.1, -0.05) is 0 Å². The van der Waals surface area contributed by atoms with Crippen LogP contribution >= 0.6 is 12.1 Å². The van der Waals surface area contributed by atoms with Crippen molar-refractivity contribution in [3.05, 3.63) is 0 Å². The molecule has 29 heavy (non-hydrogen) atoms. The Morgan fingerprint density at radius 2 is 1.79 bits per heavy atom. The van der Waals surface area contributed by atoms with Crippen LogP contribution < -0.4 is 15.2 Å². The molecule has 0 aliphatic carbocycles. The second kappa shape index (κ2) is 19.5. The highest BCUT2D eigenvalue weighted by Gasteiger charge is 2.14. The summed E-state index contributed by atoms with van der Waals surface area (Å²) in [6.45, 7) is 4.69. The van der Waals surface area contributed by atoms with E-state index in [0.29, 0.717) is 45.8 Å². The molecule has 0 aromatic rings. The number of amides is 2. The van der Waals surface area contributed by atoms with E-state index in [2.05, 4.69) is 9.44 Å². The smallest absolute Gasteiger partial charge is 0.418 e. The molecule has 0 atom stereocenters. The number of ether oxygens (including phenoxy) is 5. The first-order valence-electron chi connectivity index (χ1n) is 9.19. The van der Waals surface area contributed by atoms with Crippen molar-refractivity contribution in [3.8, 4) is 0 Å². The van der Waals surface area contributed by atoms with Crippen LogP contribution in [0.5, 0.6) is 0 Å². The summed E-state index contributed by atoms with van der Waals surface area (Å²) in [4.78, 5) is 24.7. The van der Waals surface area contributed by atoms with E-state index < -0.39 is 12.2 Å². The van der Waals surface area contributed by atoms with Crippen molar-refractivity contribution in [2.75, 3.05) is 72.9 Å². The van der Waals surface area contributed by atoms with Crippen LogP contribution in [0, 0.1) is 5.41 Å². The molecule has 13 heteroatoms. The maximum atomic E-state index is 12.1. The van der Waals surface area contributed by atoms with Gasteiger partial charge in [0.1, 0.15) is 13.2 Å². The van der Waals surface area contributed by atoms with E-state index in [0.717, 1.165) is 12.1 Å². The number of carbonyl (C=O) groups excluding carboxylic acids is 2. The number of rotatable bonds is 17. The van der Waals surface area contributed by atoms with E-state index in [9.17, 15) is 9.59 Å². The fourth-order valence-electron chi connectivity index (χ4n) is 1.71. The molecule has 0 aromatic carbocycles. The van der Waals surface area contributed by atoms with Crippen LogP contribution in [-0.4, -0.2) is 95.9 Å². The zero-order valence-electron chi connectivity index (χ0n) is 17.1. The summed E-state index contributed by atoms with van der Waals surface area (Å²) < 4.78 is 30.7. The van der Waals surface area contributed by atoms with Gasteiger partial charge in [-0.3, -0.25) is 10.1 Å². The second-order valence-corrected chi connectivity index (χ2v) is 6.18. The maximum absolute atomic E-state index is 12.1. The van der Waals surface area contributed by atoms with Crippen molar-refractivity contribution in [1.29, 1.82) is 5.41 Å². The molecule has 170 valence electrons. The van der Waals surface area contributed by atoms with Crippen LogP contribution in [0.25, 0.3) is 0 Å². The summed E-state index contributed by atoms with van der Waals surface area (Å²) in [5, 5.41) is 7.22. The number of hydrogen-bond donors (Lipinski definition) is 4. The van der Waals surface area contributed by atoms with Crippen LogP contribution in [0.4, 0.5) is 9.59 Å². The first-order chi connectivity index (χ1) is 14.0. The molecule has 12 nitrogen and oxygen atoms in total. The third kappa shape index (κ3) is 18.0. The van der Waals surface area contributed by atoms with Gasteiger partial charge in [-0.2, -0.15) is 0 Å². The molecule has 2 amide bonds. The number of carbonyl (C=O) groups is 2. The molecule has 5 N–H and O–H groups in total. The summed E-state index contributed by atoms with van der Waals surface area (Å²) in [7, 11) is 1.54. The lowest BCUT2D eigenvalue weighted by molar-refractivity contribution is 0.0483. The molecule has 0 unspecified atom stereocenters. The molecule has 0 rings (SSSR count). The molecule has 0 radical (unpaired) electrons. The van der Waals surface area contributed by atoms with Gasteiger partial charge in [-0.25, -0.2) is 14.3 Å². The van der Waals surface area contributed by atoms with E-state index >= 15 is 0 Å². The predicted octanol–water partition coefficient (Wildman–Crippen LogP) is 0.330. The normalized spacial score (nSPS) is 10.3. The number of nitrogens with one attached hydrogen (secondary N) is 3. The monoisotopic (exact) mass is 439 g/mol. The first kappa shape index (κ1) is 27.2. The summed E-state index contributed by atoms with van der Waals surface area (Å²) in [6.07, 6.45) is -0.420. The zero-order valence-corrected chi connectivity index (χ0v) is 17.9. The maximum Gasteiger partial charge on any atom is 0.418 e. The summed E-state index contributed by atoms with van der Waals surface area (Å²) in [6, 6.07) is 0. The fraction of sp³-hybridized carbons (Fsp3) is 0.812. The van der Waals surface area contributed by atoms with Gasteiger partial charge in [0.2, 0.25) is 0 Å². The Bertz CT molecular complexity index is 459. The van der Waals surface area contributed by atoms with Gasteiger partial charge >= 0.3 is 12.2 Å². The molecular weight excluding hydrogens is 406 g/mol. The van der Waals surface area contributed by atoms with Crippen molar-refractivity contribution in [3.63, 3.8) is 0 Å². The predicted molar refractivity (Wildman–Crippen MR) is 109 cm³/mol. The summed E-state index contributed by atoms with van der Waals surface area (Å²) in [5.74, 6) is 0.0870. The van der Waals surface area contributed by atoms with Crippen LogP contribution in [0.15, 0.2) is 0 Å². The first-order valence-corrected chi connectivity index (χ1v) is 10.0. The van der Waals surface area contributed by atoms with E-state index in [1.54, 1.807) is 7.11 Å². The van der Waals surface area contributed by atoms with E-state index in [4.69, 9.17) is 34.8 Å². The van der Waals surface area contributed by atoms with Crippen molar-refractivity contribution in [2.24, 2.45) is 5.73 Å². The van der Waals surface area contributed by atoms with Crippen molar-refractivity contribution < 1.29 is 33.3 Å². The molecule has 0 spiro atoms. The quantitative estimate of drug-likeness (QED) is 0.108. The van der Waals surface area contributed by atoms with Gasteiger partial charge in [-0.15, -0.1) is 0 Å². The third-order valence-corrected chi connectivity index (χ3v) is 3.71. The van der Waals surface area contributed by atoms with Gasteiger partial charge in [0.25, 0.3) is 0 Å². The van der Waals surface area contributed by atoms with Gasteiger partial charge in [-0.05, 0) is 13.0 Å². The highest BCUT2D eigenvalue weighted by atomic mass is 32.2. The fourth-order valence-corrected chi connectivity index (χ4v) is 2.11. The van der Waals surface area contributed by atoms with Crippen LogP contribution in [-0.2, 0) is 23.7 Å². The highest BCUT2D eigenvalue weighted by molar-refractivity contribution is 7.96. The van der Waals surface area contributed by atoms with Gasteiger partial charge in [0.15, 0.2) is 5.90 Å². The molecule has 0 saturated carbocycles. The number of nitrogens with zero attached hydrogens (tertiary/aromatic N) is 1. The van der Waals surface area contributed by atoms with Crippen molar-refractivity contribution in [2.45, 2.75) is 13.3 Å². The molecular formula is C16H33N5O7S. The average molecular weight is 440 g/mol. The van der Waals surface area contributed by atoms with Gasteiger partial charge < -0.3 is 34.3 Å². The van der Waals surface area contributed by atoms with Crippen molar-refractivity contribution in [1.82, 2.24) is 14.3 Å². The largest absolute Gasteiger partial charge is 0.480 e. The minimum Gasteiger partial charge on any atom is -0.480 e.